The number of hydrogen-bond acceptors (Lipinski definition) is 3. The SMILES string of the molecule is CC(C)c1cnn(-c2cnc(Br)cn2)c1. The number of nitrogens with zero attached hydrogens (tertiary/aromatic N) is 4. The Bertz CT molecular complexity index is 447. The van der Waals surface area contributed by atoms with Crippen molar-refractivity contribution in [3.63, 3.8) is 0 Å². The fraction of sp³-hybridized carbons (Fsp3) is 0.300. The maximum atomic E-state index is 4.24. The van der Waals surface area contributed by atoms with Gasteiger partial charge in [-0.1, -0.05) is 13.8 Å². The second-order valence-electron chi connectivity index (χ2n) is 3.57. The first kappa shape index (κ1) is 10.3. The summed E-state index contributed by atoms with van der Waals surface area (Å²) in [5.41, 5.74) is 1.19. The zero-order valence-electron chi connectivity index (χ0n) is 8.55. The Morgan fingerprint density at radius 3 is 2.53 bits per heavy atom. The number of hydrogen-bond donors (Lipinski definition) is 0. The van der Waals surface area contributed by atoms with E-state index in [1.165, 1.54) is 5.56 Å². The summed E-state index contributed by atoms with van der Waals surface area (Å²) in [5, 5.41) is 4.24. The maximum absolute atomic E-state index is 4.24. The van der Waals surface area contributed by atoms with Gasteiger partial charge in [0.1, 0.15) is 4.60 Å². The highest BCUT2D eigenvalue weighted by Gasteiger charge is 2.05. The predicted octanol–water partition coefficient (Wildman–Crippen LogP) is 2.55. The topological polar surface area (TPSA) is 43.6 Å². The highest BCUT2D eigenvalue weighted by molar-refractivity contribution is 9.10. The van der Waals surface area contributed by atoms with Crippen molar-refractivity contribution >= 4 is 15.9 Å². The minimum atomic E-state index is 0.474. The van der Waals surface area contributed by atoms with Gasteiger partial charge in [0, 0.05) is 6.20 Å². The molecule has 0 saturated carbocycles. The van der Waals surface area contributed by atoms with Crippen LogP contribution in [0.1, 0.15) is 25.3 Å². The van der Waals surface area contributed by atoms with E-state index in [-0.39, 0.29) is 0 Å². The zero-order chi connectivity index (χ0) is 10.8. The summed E-state index contributed by atoms with van der Waals surface area (Å²) in [5.74, 6) is 1.20. The van der Waals surface area contributed by atoms with Gasteiger partial charge in [0.2, 0.25) is 0 Å². The maximum Gasteiger partial charge on any atom is 0.171 e. The van der Waals surface area contributed by atoms with E-state index >= 15 is 0 Å². The van der Waals surface area contributed by atoms with Crippen LogP contribution >= 0.6 is 15.9 Å². The Hall–Kier alpha value is -1.23. The van der Waals surface area contributed by atoms with Crippen molar-refractivity contribution in [1.29, 1.82) is 0 Å². The van der Waals surface area contributed by atoms with Crippen LogP contribution in [-0.4, -0.2) is 19.7 Å². The van der Waals surface area contributed by atoms with E-state index in [0.717, 1.165) is 10.4 Å². The lowest BCUT2D eigenvalue weighted by molar-refractivity contribution is 0.829. The van der Waals surface area contributed by atoms with Gasteiger partial charge in [-0.05, 0) is 27.4 Å². The van der Waals surface area contributed by atoms with Crippen LogP contribution in [-0.2, 0) is 0 Å². The Morgan fingerprint density at radius 2 is 2.00 bits per heavy atom. The van der Waals surface area contributed by atoms with E-state index in [1.54, 1.807) is 17.1 Å². The van der Waals surface area contributed by atoms with E-state index in [0.29, 0.717) is 5.92 Å². The first-order chi connectivity index (χ1) is 7.16. The van der Waals surface area contributed by atoms with E-state index < -0.39 is 0 Å². The highest BCUT2D eigenvalue weighted by atomic mass is 79.9. The van der Waals surface area contributed by atoms with Gasteiger partial charge in [-0.15, -0.1) is 0 Å². The van der Waals surface area contributed by atoms with Gasteiger partial charge in [-0.2, -0.15) is 5.10 Å². The Morgan fingerprint density at radius 1 is 1.20 bits per heavy atom. The fourth-order valence-electron chi connectivity index (χ4n) is 1.18. The molecule has 2 aromatic heterocycles. The first-order valence-corrected chi connectivity index (χ1v) is 5.48. The quantitative estimate of drug-likeness (QED) is 0.839. The molecule has 0 N–H and O–H groups in total. The van der Waals surface area contributed by atoms with Crippen LogP contribution in [0.4, 0.5) is 0 Å². The molecule has 0 bridgehead atoms. The van der Waals surface area contributed by atoms with Crippen molar-refractivity contribution < 1.29 is 0 Å². The van der Waals surface area contributed by atoms with Crippen LogP contribution in [0.3, 0.4) is 0 Å². The van der Waals surface area contributed by atoms with Crippen LogP contribution in [0.15, 0.2) is 29.4 Å². The van der Waals surface area contributed by atoms with Gasteiger partial charge < -0.3 is 0 Å². The van der Waals surface area contributed by atoms with Crippen LogP contribution in [0.25, 0.3) is 5.82 Å². The van der Waals surface area contributed by atoms with E-state index in [2.05, 4.69) is 44.8 Å². The lowest BCUT2D eigenvalue weighted by Gasteiger charge is -1.99. The van der Waals surface area contributed by atoms with Gasteiger partial charge in [0.25, 0.3) is 0 Å². The van der Waals surface area contributed by atoms with Crippen molar-refractivity contribution in [2.75, 3.05) is 0 Å². The Labute approximate surface area is 96.5 Å². The summed E-state index contributed by atoms with van der Waals surface area (Å²) >= 11 is 3.24. The molecular weight excluding hydrogens is 256 g/mol. The largest absolute Gasteiger partial charge is 0.244 e. The molecule has 0 spiro atoms. The predicted molar refractivity (Wildman–Crippen MR) is 60.9 cm³/mol. The van der Waals surface area contributed by atoms with Gasteiger partial charge in [0.05, 0.1) is 18.6 Å². The van der Waals surface area contributed by atoms with Crippen LogP contribution in [0, 0.1) is 0 Å². The minimum absolute atomic E-state index is 0.474. The number of rotatable bonds is 2. The summed E-state index contributed by atoms with van der Waals surface area (Å²) < 4.78 is 2.46. The van der Waals surface area contributed by atoms with Crippen LogP contribution in [0.5, 0.6) is 0 Å². The standard InChI is InChI=1S/C10H11BrN4/c1-7(2)8-3-14-15(6-8)10-5-12-9(11)4-13-10/h3-7H,1-2H3. The zero-order valence-corrected chi connectivity index (χ0v) is 10.1. The Kier molecular flexibility index (Phi) is 2.81. The molecule has 0 atom stereocenters. The normalized spacial score (nSPS) is 10.9. The van der Waals surface area contributed by atoms with E-state index in [1.807, 2.05) is 12.4 Å². The molecule has 0 saturated heterocycles. The number of aromatic nitrogens is 4. The number of halogens is 1. The molecule has 0 radical (unpaired) electrons. The third kappa shape index (κ3) is 2.23. The summed E-state index contributed by atoms with van der Waals surface area (Å²) in [7, 11) is 0. The summed E-state index contributed by atoms with van der Waals surface area (Å²) in [4.78, 5) is 8.32. The third-order valence-corrected chi connectivity index (χ3v) is 2.52. The van der Waals surface area contributed by atoms with E-state index in [4.69, 9.17) is 0 Å². The molecule has 15 heavy (non-hydrogen) atoms. The molecule has 2 heterocycles. The molecular formula is C10H11BrN4. The monoisotopic (exact) mass is 266 g/mol. The van der Waals surface area contributed by atoms with E-state index in [9.17, 15) is 0 Å². The molecule has 78 valence electrons. The Balaban J connectivity index is 2.33. The van der Waals surface area contributed by atoms with Crippen molar-refractivity contribution in [2.24, 2.45) is 0 Å². The third-order valence-electron chi connectivity index (χ3n) is 2.11. The molecule has 0 aliphatic carbocycles. The molecule has 0 unspecified atom stereocenters. The molecule has 4 nitrogen and oxygen atoms in total. The minimum Gasteiger partial charge on any atom is -0.244 e. The lowest BCUT2D eigenvalue weighted by Crippen LogP contribution is -1.98. The highest BCUT2D eigenvalue weighted by Crippen LogP contribution is 2.14. The van der Waals surface area contributed by atoms with Gasteiger partial charge in [-0.3, -0.25) is 0 Å². The molecule has 2 rings (SSSR count). The summed E-state index contributed by atoms with van der Waals surface area (Å²) in [6.07, 6.45) is 7.17. The van der Waals surface area contributed by atoms with Crippen molar-refractivity contribution in [3.05, 3.63) is 35.0 Å². The average molecular weight is 267 g/mol. The van der Waals surface area contributed by atoms with Gasteiger partial charge >= 0.3 is 0 Å². The van der Waals surface area contributed by atoms with Crippen molar-refractivity contribution in [3.8, 4) is 5.82 Å². The molecule has 0 aromatic carbocycles. The lowest BCUT2D eigenvalue weighted by atomic mass is 10.1. The molecule has 0 amide bonds. The first-order valence-electron chi connectivity index (χ1n) is 4.69. The molecule has 5 heteroatoms. The smallest absolute Gasteiger partial charge is 0.171 e. The van der Waals surface area contributed by atoms with Gasteiger partial charge in [0.15, 0.2) is 5.82 Å². The molecule has 0 aliphatic rings. The van der Waals surface area contributed by atoms with Crippen molar-refractivity contribution in [2.45, 2.75) is 19.8 Å². The molecule has 2 aromatic rings. The second-order valence-corrected chi connectivity index (χ2v) is 4.38. The fourth-order valence-corrected chi connectivity index (χ4v) is 1.39. The molecule has 0 aliphatic heterocycles. The summed E-state index contributed by atoms with van der Waals surface area (Å²) in [6.45, 7) is 4.27. The van der Waals surface area contributed by atoms with Gasteiger partial charge in [-0.25, -0.2) is 14.6 Å². The van der Waals surface area contributed by atoms with Crippen LogP contribution < -0.4 is 0 Å². The van der Waals surface area contributed by atoms with Crippen molar-refractivity contribution in [1.82, 2.24) is 19.7 Å². The summed E-state index contributed by atoms with van der Waals surface area (Å²) in [6, 6.07) is 0. The second kappa shape index (κ2) is 4.10. The average Bonchev–Trinajstić information content (AvgIpc) is 2.68. The molecule has 0 fully saturated rings. The van der Waals surface area contributed by atoms with Crippen LogP contribution in [0.2, 0.25) is 0 Å².